The maximum absolute atomic E-state index is 11.4. The highest BCUT2D eigenvalue weighted by Crippen LogP contribution is 2.00. The molecule has 0 saturated carbocycles. The van der Waals surface area contributed by atoms with Gasteiger partial charge in [0.1, 0.15) is 6.10 Å². The SMILES string of the molecule is COC(C)C(=O)Cc1ccn(C)n1. The number of ketones is 1. The predicted octanol–water partition coefficient (Wildman–Crippen LogP) is 0.567. The summed E-state index contributed by atoms with van der Waals surface area (Å²) in [5, 5.41) is 4.11. The first-order chi connectivity index (χ1) is 6.13. The summed E-state index contributed by atoms with van der Waals surface area (Å²) in [6.45, 7) is 1.74. The topological polar surface area (TPSA) is 44.1 Å². The first kappa shape index (κ1) is 9.92. The molecule has 1 unspecified atom stereocenters. The van der Waals surface area contributed by atoms with E-state index in [0.717, 1.165) is 5.69 Å². The Hall–Kier alpha value is -1.16. The van der Waals surface area contributed by atoms with Gasteiger partial charge in [0.05, 0.1) is 12.1 Å². The highest BCUT2D eigenvalue weighted by molar-refractivity contribution is 5.84. The quantitative estimate of drug-likeness (QED) is 0.683. The summed E-state index contributed by atoms with van der Waals surface area (Å²) in [6, 6.07) is 1.83. The lowest BCUT2D eigenvalue weighted by molar-refractivity contribution is -0.127. The number of nitrogens with zero attached hydrogens (tertiary/aromatic N) is 2. The van der Waals surface area contributed by atoms with Crippen molar-refractivity contribution in [3.8, 4) is 0 Å². The summed E-state index contributed by atoms with van der Waals surface area (Å²) in [4.78, 5) is 11.4. The number of ether oxygens (including phenoxy) is 1. The van der Waals surface area contributed by atoms with Crippen LogP contribution in [0.3, 0.4) is 0 Å². The van der Waals surface area contributed by atoms with Gasteiger partial charge >= 0.3 is 0 Å². The molecule has 0 aliphatic heterocycles. The fraction of sp³-hybridized carbons (Fsp3) is 0.556. The highest BCUT2D eigenvalue weighted by Gasteiger charge is 2.13. The highest BCUT2D eigenvalue weighted by atomic mass is 16.5. The lowest BCUT2D eigenvalue weighted by Crippen LogP contribution is -2.21. The van der Waals surface area contributed by atoms with Crippen LogP contribution in [0.15, 0.2) is 12.3 Å². The maximum atomic E-state index is 11.4. The van der Waals surface area contributed by atoms with E-state index < -0.39 is 0 Å². The Morgan fingerprint density at radius 1 is 1.77 bits per heavy atom. The van der Waals surface area contributed by atoms with Gasteiger partial charge in [0.25, 0.3) is 0 Å². The minimum absolute atomic E-state index is 0.0567. The van der Waals surface area contributed by atoms with Crippen molar-refractivity contribution in [1.82, 2.24) is 9.78 Å². The molecule has 0 fully saturated rings. The summed E-state index contributed by atoms with van der Waals surface area (Å²) >= 11 is 0. The molecule has 0 saturated heterocycles. The third kappa shape index (κ3) is 2.66. The molecule has 1 atom stereocenters. The molecule has 13 heavy (non-hydrogen) atoms. The van der Waals surface area contributed by atoms with Gasteiger partial charge in [0.15, 0.2) is 5.78 Å². The van der Waals surface area contributed by atoms with Gasteiger partial charge in [-0.15, -0.1) is 0 Å². The summed E-state index contributed by atoms with van der Waals surface area (Å²) in [5.74, 6) is 0.0567. The van der Waals surface area contributed by atoms with Crippen molar-refractivity contribution >= 4 is 5.78 Å². The number of aromatic nitrogens is 2. The van der Waals surface area contributed by atoms with Crippen LogP contribution in [0.4, 0.5) is 0 Å². The molecule has 72 valence electrons. The Morgan fingerprint density at radius 3 is 2.92 bits per heavy atom. The van der Waals surface area contributed by atoms with Crippen LogP contribution in [0.5, 0.6) is 0 Å². The van der Waals surface area contributed by atoms with E-state index in [4.69, 9.17) is 4.74 Å². The number of rotatable bonds is 4. The smallest absolute Gasteiger partial charge is 0.167 e. The van der Waals surface area contributed by atoms with E-state index in [1.165, 1.54) is 7.11 Å². The molecule has 0 aromatic carbocycles. The third-order valence-electron chi connectivity index (χ3n) is 1.93. The van der Waals surface area contributed by atoms with Gasteiger partial charge in [-0.25, -0.2) is 0 Å². The van der Waals surface area contributed by atoms with Crippen LogP contribution in [0.1, 0.15) is 12.6 Å². The van der Waals surface area contributed by atoms with Crippen LogP contribution in [0.25, 0.3) is 0 Å². The van der Waals surface area contributed by atoms with Gasteiger partial charge in [0, 0.05) is 20.4 Å². The number of carbonyl (C=O) groups excluding carboxylic acids is 1. The number of Topliss-reactive ketones (excluding diaryl/α,β-unsaturated/α-hetero) is 1. The van der Waals surface area contributed by atoms with Crippen molar-refractivity contribution in [2.75, 3.05) is 7.11 Å². The molecule has 0 bridgehead atoms. The van der Waals surface area contributed by atoms with E-state index >= 15 is 0 Å². The van der Waals surface area contributed by atoms with Gasteiger partial charge in [0.2, 0.25) is 0 Å². The van der Waals surface area contributed by atoms with E-state index in [1.54, 1.807) is 11.6 Å². The van der Waals surface area contributed by atoms with Crippen molar-refractivity contribution in [3.63, 3.8) is 0 Å². The monoisotopic (exact) mass is 182 g/mol. The summed E-state index contributed by atoms with van der Waals surface area (Å²) in [6.07, 6.45) is 1.82. The second-order valence-corrected chi connectivity index (χ2v) is 3.00. The first-order valence-electron chi connectivity index (χ1n) is 4.17. The minimum Gasteiger partial charge on any atom is -0.374 e. The number of aryl methyl sites for hydroxylation is 1. The van der Waals surface area contributed by atoms with Gasteiger partial charge < -0.3 is 4.74 Å². The fourth-order valence-electron chi connectivity index (χ4n) is 1.01. The van der Waals surface area contributed by atoms with Crippen LogP contribution in [0.2, 0.25) is 0 Å². The molecular weight excluding hydrogens is 168 g/mol. The maximum Gasteiger partial charge on any atom is 0.167 e. The molecule has 0 aliphatic carbocycles. The van der Waals surface area contributed by atoms with E-state index in [0.29, 0.717) is 6.42 Å². The van der Waals surface area contributed by atoms with Crippen molar-refractivity contribution in [2.24, 2.45) is 7.05 Å². The summed E-state index contributed by atoms with van der Waals surface area (Å²) in [5.41, 5.74) is 0.788. The molecular formula is C9H14N2O2. The number of hydrogen-bond acceptors (Lipinski definition) is 3. The lowest BCUT2D eigenvalue weighted by atomic mass is 10.1. The van der Waals surface area contributed by atoms with E-state index in [2.05, 4.69) is 5.10 Å². The largest absolute Gasteiger partial charge is 0.374 e. The molecule has 1 heterocycles. The molecule has 1 aromatic rings. The molecule has 0 amide bonds. The predicted molar refractivity (Wildman–Crippen MR) is 48.4 cm³/mol. The van der Waals surface area contributed by atoms with Crippen molar-refractivity contribution in [3.05, 3.63) is 18.0 Å². The lowest BCUT2D eigenvalue weighted by Gasteiger charge is -2.05. The number of hydrogen-bond donors (Lipinski definition) is 0. The summed E-state index contributed by atoms with van der Waals surface area (Å²) in [7, 11) is 3.36. The van der Waals surface area contributed by atoms with Crippen LogP contribution in [-0.4, -0.2) is 28.8 Å². The van der Waals surface area contributed by atoms with Gasteiger partial charge in [-0.3, -0.25) is 9.48 Å². The standard InChI is InChI=1S/C9H14N2O2/c1-7(13-3)9(12)6-8-4-5-11(2)10-8/h4-5,7H,6H2,1-3H3. The Bertz CT molecular complexity index is 294. The molecule has 4 nitrogen and oxygen atoms in total. The number of methoxy groups -OCH3 is 1. The minimum atomic E-state index is -0.345. The average molecular weight is 182 g/mol. The van der Waals surface area contributed by atoms with E-state index in [1.807, 2.05) is 19.3 Å². The first-order valence-corrected chi connectivity index (χ1v) is 4.17. The normalized spacial score (nSPS) is 12.8. The zero-order valence-corrected chi connectivity index (χ0v) is 8.15. The zero-order chi connectivity index (χ0) is 9.84. The Labute approximate surface area is 77.5 Å². The molecule has 1 rings (SSSR count). The van der Waals surface area contributed by atoms with Crippen molar-refractivity contribution in [2.45, 2.75) is 19.4 Å². The molecule has 0 N–H and O–H groups in total. The summed E-state index contributed by atoms with van der Waals surface area (Å²) < 4.78 is 6.59. The zero-order valence-electron chi connectivity index (χ0n) is 8.15. The number of carbonyl (C=O) groups is 1. The van der Waals surface area contributed by atoms with Crippen molar-refractivity contribution in [1.29, 1.82) is 0 Å². The Kier molecular flexibility index (Phi) is 3.19. The molecule has 0 spiro atoms. The van der Waals surface area contributed by atoms with E-state index in [9.17, 15) is 4.79 Å². The second kappa shape index (κ2) is 4.18. The Morgan fingerprint density at radius 2 is 2.46 bits per heavy atom. The molecule has 0 aliphatic rings. The van der Waals surface area contributed by atoms with Gasteiger partial charge in [-0.1, -0.05) is 0 Å². The van der Waals surface area contributed by atoms with Gasteiger partial charge in [-0.05, 0) is 13.0 Å². The van der Waals surface area contributed by atoms with Crippen LogP contribution >= 0.6 is 0 Å². The van der Waals surface area contributed by atoms with Crippen LogP contribution < -0.4 is 0 Å². The molecule has 0 radical (unpaired) electrons. The van der Waals surface area contributed by atoms with Crippen LogP contribution in [0, 0.1) is 0 Å². The Balaban J connectivity index is 2.54. The molecule has 1 aromatic heterocycles. The average Bonchev–Trinajstić information content (AvgIpc) is 2.49. The third-order valence-corrected chi connectivity index (χ3v) is 1.93. The van der Waals surface area contributed by atoms with Crippen molar-refractivity contribution < 1.29 is 9.53 Å². The van der Waals surface area contributed by atoms with Crippen LogP contribution in [-0.2, 0) is 23.0 Å². The molecule has 4 heteroatoms. The second-order valence-electron chi connectivity index (χ2n) is 3.00. The van der Waals surface area contributed by atoms with E-state index in [-0.39, 0.29) is 11.9 Å². The van der Waals surface area contributed by atoms with Gasteiger partial charge in [-0.2, -0.15) is 5.10 Å². The fourth-order valence-corrected chi connectivity index (χ4v) is 1.01.